The highest BCUT2D eigenvalue weighted by Gasteiger charge is 2.23. The summed E-state index contributed by atoms with van der Waals surface area (Å²) in [6.07, 6.45) is 0. The number of aryl methyl sites for hydroxylation is 1. The van der Waals surface area contributed by atoms with Gasteiger partial charge in [0.15, 0.2) is 0 Å². The Bertz CT molecular complexity index is 1050. The second kappa shape index (κ2) is 8.30. The number of nitrogens with zero attached hydrogens (tertiary/aromatic N) is 1. The maximum Gasteiger partial charge on any atom is 0.255 e. The van der Waals surface area contributed by atoms with Gasteiger partial charge in [0.25, 0.3) is 5.91 Å². The van der Waals surface area contributed by atoms with Crippen molar-refractivity contribution in [2.24, 2.45) is 0 Å². The Hall–Kier alpha value is -2.42. The average molecular weight is 424 g/mol. The molecule has 9 heteroatoms. The summed E-state index contributed by atoms with van der Waals surface area (Å²) < 4.78 is 26.2. The highest BCUT2D eigenvalue weighted by atomic mass is 35.5. The molecule has 2 rings (SSSR count). The van der Waals surface area contributed by atoms with Crippen LogP contribution in [0.2, 0.25) is 5.02 Å². The average Bonchev–Trinajstić information content (AvgIpc) is 2.59. The molecule has 28 heavy (non-hydrogen) atoms. The second-order valence-corrected chi connectivity index (χ2v) is 9.06. The standard InChI is InChI=1S/C19H22ClN3O4S/c1-11-8-14(9-18(12(11)2)28(26,27)23(4)5)19(25)22-17-10-15(21-13(3)24)6-7-16(17)20/h6-10H,1-5H3,(H,21,24)(H,22,25). The molecule has 2 amide bonds. The van der Waals surface area contributed by atoms with E-state index in [1.165, 1.54) is 33.2 Å². The van der Waals surface area contributed by atoms with Gasteiger partial charge >= 0.3 is 0 Å². The van der Waals surface area contributed by atoms with Crippen molar-refractivity contribution < 1.29 is 18.0 Å². The molecule has 7 nitrogen and oxygen atoms in total. The van der Waals surface area contributed by atoms with Gasteiger partial charge in [0.2, 0.25) is 15.9 Å². The van der Waals surface area contributed by atoms with Crippen molar-refractivity contribution in [1.29, 1.82) is 0 Å². The van der Waals surface area contributed by atoms with Crippen LogP contribution < -0.4 is 10.6 Å². The number of benzene rings is 2. The molecule has 0 heterocycles. The first kappa shape index (κ1) is 21.9. The number of sulfonamides is 1. The van der Waals surface area contributed by atoms with Crippen molar-refractivity contribution in [2.45, 2.75) is 25.7 Å². The largest absolute Gasteiger partial charge is 0.326 e. The van der Waals surface area contributed by atoms with Gasteiger partial charge in [-0.2, -0.15) is 0 Å². The molecule has 2 aromatic rings. The van der Waals surface area contributed by atoms with Crippen LogP contribution in [0, 0.1) is 13.8 Å². The van der Waals surface area contributed by atoms with Crippen LogP contribution in [0.5, 0.6) is 0 Å². The van der Waals surface area contributed by atoms with E-state index in [0.29, 0.717) is 22.5 Å². The molecule has 0 radical (unpaired) electrons. The Balaban J connectivity index is 2.43. The van der Waals surface area contributed by atoms with Gasteiger partial charge in [-0.3, -0.25) is 9.59 Å². The minimum absolute atomic E-state index is 0.0701. The van der Waals surface area contributed by atoms with Crippen LogP contribution in [0.25, 0.3) is 0 Å². The van der Waals surface area contributed by atoms with Crippen LogP contribution in [0.4, 0.5) is 11.4 Å². The van der Waals surface area contributed by atoms with E-state index in [0.717, 1.165) is 4.31 Å². The fourth-order valence-electron chi connectivity index (χ4n) is 2.52. The van der Waals surface area contributed by atoms with E-state index in [4.69, 9.17) is 11.6 Å². The molecule has 2 N–H and O–H groups in total. The minimum Gasteiger partial charge on any atom is -0.326 e. The van der Waals surface area contributed by atoms with E-state index >= 15 is 0 Å². The first-order valence-corrected chi connectivity index (χ1v) is 10.2. The molecule has 0 aliphatic heterocycles. The minimum atomic E-state index is -3.71. The zero-order chi connectivity index (χ0) is 21.2. The number of carbonyl (C=O) groups excluding carboxylic acids is 2. The summed E-state index contributed by atoms with van der Waals surface area (Å²) in [6.45, 7) is 4.81. The first-order valence-electron chi connectivity index (χ1n) is 8.35. The fraction of sp³-hybridized carbons (Fsp3) is 0.263. The third kappa shape index (κ3) is 4.70. The Morgan fingerprint density at radius 1 is 1.04 bits per heavy atom. The van der Waals surface area contributed by atoms with Crippen LogP contribution in [0.1, 0.15) is 28.4 Å². The molecule has 0 unspecified atom stereocenters. The summed E-state index contributed by atoms with van der Waals surface area (Å²) in [4.78, 5) is 24.0. The lowest BCUT2D eigenvalue weighted by Gasteiger charge is -2.17. The molecule has 0 fully saturated rings. The molecule has 2 aromatic carbocycles. The van der Waals surface area contributed by atoms with Gasteiger partial charge in [0.1, 0.15) is 0 Å². The van der Waals surface area contributed by atoms with Crippen molar-refractivity contribution >= 4 is 44.8 Å². The smallest absolute Gasteiger partial charge is 0.255 e. The molecule has 0 spiro atoms. The van der Waals surface area contributed by atoms with Gasteiger partial charge in [-0.25, -0.2) is 12.7 Å². The monoisotopic (exact) mass is 423 g/mol. The lowest BCUT2D eigenvalue weighted by Crippen LogP contribution is -2.24. The van der Waals surface area contributed by atoms with E-state index in [2.05, 4.69) is 10.6 Å². The molecule has 0 saturated carbocycles. The zero-order valence-electron chi connectivity index (χ0n) is 16.3. The molecule has 0 aliphatic rings. The Labute approximate surface area is 169 Å². The number of nitrogens with one attached hydrogen (secondary N) is 2. The third-order valence-corrected chi connectivity index (χ3v) is 6.45. The summed E-state index contributed by atoms with van der Waals surface area (Å²) >= 11 is 6.14. The van der Waals surface area contributed by atoms with E-state index in [1.54, 1.807) is 32.0 Å². The van der Waals surface area contributed by atoms with Gasteiger partial charge in [-0.15, -0.1) is 0 Å². The summed E-state index contributed by atoms with van der Waals surface area (Å²) in [7, 11) is -0.838. The topological polar surface area (TPSA) is 95.6 Å². The SMILES string of the molecule is CC(=O)Nc1ccc(Cl)c(NC(=O)c2cc(C)c(C)c(S(=O)(=O)N(C)C)c2)c1. The quantitative estimate of drug-likeness (QED) is 0.770. The van der Waals surface area contributed by atoms with Gasteiger partial charge in [0.05, 0.1) is 15.6 Å². The number of halogens is 1. The Morgan fingerprint density at radius 2 is 1.68 bits per heavy atom. The Kier molecular flexibility index (Phi) is 6.48. The summed E-state index contributed by atoms with van der Waals surface area (Å²) in [5.74, 6) is -0.771. The van der Waals surface area contributed by atoms with Crippen LogP contribution in [0.3, 0.4) is 0 Å². The van der Waals surface area contributed by atoms with Crippen molar-refractivity contribution in [3.63, 3.8) is 0 Å². The van der Waals surface area contributed by atoms with E-state index in [1.807, 2.05) is 0 Å². The number of rotatable bonds is 5. The third-order valence-electron chi connectivity index (χ3n) is 4.18. The highest BCUT2D eigenvalue weighted by Crippen LogP contribution is 2.28. The predicted molar refractivity (Wildman–Crippen MR) is 110 cm³/mol. The Morgan fingerprint density at radius 3 is 2.25 bits per heavy atom. The number of amides is 2. The fourth-order valence-corrected chi connectivity index (χ4v) is 3.90. The maximum atomic E-state index is 12.7. The number of carbonyl (C=O) groups is 2. The molecule has 0 bridgehead atoms. The molecular formula is C19H22ClN3O4S. The molecule has 150 valence electrons. The molecule has 0 aromatic heterocycles. The van der Waals surface area contributed by atoms with Crippen molar-refractivity contribution in [3.8, 4) is 0 Å². The lowest BCUT2D eigenvalue weighted by molar-refractivity contribution is -0.114. The van der Waals surface area contributed by atoms with Crippen LogP contribution >= 0.6 is 11.6 Å². The summed E-state index contributed by atoms with van der Waals surface area (Å²) in [5, 5.41) is 5.56. The van der Waals surface area contributed by atoms with Gasteiger partial charge in [0, 0.05) is 32.3 Å². The summed E-state index contributed by atoms with van der Waals surface area (Å²) in [6, 6.07) is 7.64. The number of hydrogen-bond donors (Lipinski definition) is 2. The van der Waals surface area contributed by atoms with Crippen molar-refractivity contribution in [3.05, 3.63) is 52.0 Å². The normalized spacial score (nSPS) is 11.4. The predicted octanol–water partition coefficient (Wildman–Crippen LogP) is 3.42. The highest BCUT2D eigenvalue weighted by molar-refractivity contribution is 7.89. The molecule has 0 saturated heterocycles. The van der Waals surface area contributed by atoms with E-state index < -0.39 is 15.9 Å². The van der Waals surface area contributed by atoms with E-state index in [-0.39, 0.29) is 21.4 Å². The van der Waals surface area contributed by atoms with Crippen molar-refractivity contribution in [2.75, 3.05) is 24.7 Å². The van der Waals surface area contributed by atoms with Crippen LogP contribution in [0.15, 0.2) is 35.2 Å². The van der Waals surface area contributed by atoms with Crippen molar-refractivity contribution in [1.82, 2.24) is 4.31 Å². The van der Waals surface area contributed by atoms with Crippen LogP contribution in [-0.2, 0) is 14.8 Å². The van der Waals surface area contributed by atoms with E-state index in [9.17, 15) is 18.0 Å². The molecule has 0 atom stereocenters. The number of hydrogen-bond acceptors (Lipinski definition) is 4. The lowest BCUT2D eigenvalue weighted by atomic mass is 10.1. The first-order chi connectivity index (χ1) is 12.9. The van der Waals surface area contributed by atoms with Crippen LogP contribution in [-0.4, -0.2) is 38.6 Å². The zero-order valence-corrected chi connectivity index (χ0v) is 17.8. The maximum absolute atomic E-state index is 12.7. The molecular weight excluding hydrogens is 402 g/mol. The summed E-state index contributed by atoms with van der Waals surface area (Å²) in [5.41, 5.74) is 2.21. The number of anilines is 2. The second-order valence-electron chi connectivity index (χ2n) is 6.53. The van der Waals surface area contributed by atoms with Gasteiger partial charge < -0.3 is 10.6 Å². The van der Waals surface area contributed by atoms with Gasteiger partial charge in [-0.05, 0) is 55.3 Å². The molecule has 0 aliphatic carbocycles. The van der Waals surface area contributed by atoms with Gasteiger partial charge in [-0.1, -0.05) is 11.6 Å².